The van der Waals surface area contributed by atoms with Gasteiger partial charge in [0.15, 0.2) is 0 Å². The summed E-state index contributed by atoms with van der Waals surface area (Å²) in [5.41, 5.74) is 0. The van der Waals surface area contributed by atoms with Crippen molar-refractivity contribution in [2.75, 3.05) is 45.9 Å². The maximum Gasteiger partial charge on any atom is 0.236 e. The molecule has 0 spiro atoms. The lowest BCUT2D eigenvalue weighted by molar-refractivity contribution is -0.139. The van der Waals surface area contributed by atoms with E-state index in [2.05, 4.69) is 17.1 Å². The molecule has 2 heterocycles. The van der Waals surface area contributed by atoms with Crippen LogP contribution in [0.4, 0.5) is 0 Å². The summed E-state index contributed by atoms with van der Waals surface area (Å²) in [6.45, 7) is 10.0. The fraction of sp³-hybridized carbons (Fsp3) is 0.929. The van der Waals surface area contributed by atoms with Crippen molar-refractivity contribution < 1.29 is 9.53 Å². The molecule has 1 N–H and O–H groups in total. The van der Waals surface area contributed by atoms with E-state index in [0.717, 1.165) is 45.6 Å². The van der Waals surface area contributed by atoms with Crippen LogP contribution in [-0.2, 0) is 9.53 Å². The molecule has 1 amide bonds. The summed E-state index contributed by atoms with van der Waals surface area (Å²) in [6, 6.07) is 0.530. The summed E-state index contributed by atoms with van der Waals surface area (Å²) in [6.07, 6.45) is 2.43. The molecule has 2 unspecified atom stereocenters. The first-order valence-corrected chi connectivity index (χ1v) is 7.55. The molecule has 0 saturated carbocycles. The predicted molar refractivity (Wildman–Crippen MR) is 75.1 cm³/mol. The fourth-order valence-corrected chi connectivity index (χ4v) is 2.95. The number of hydrogen-bond acceptors (Lipinski definition) is 4. The van der Waals surface area contributed by atoms with E-state index in [1.165, 1.54) is 0 Å². The van der Waals surface area contributed by atoms with Crippen LogP contribution in [0.25, 0.3) is 0 Å². The highest BCUT2D eigenvalue weighted by molar-refractivity contribution is 5.78. The van der Waals surface area contributed by atoms with Crippen molar-refractivity contribution in [3.63, 3.8) is 0 Å². The van der Waals surface area contributed by atoms with Gasteiger partial charge < -0.3 is 15.0 Å². The maximum absolute atomic E-state index is 12.4. The standard InChI is InChI=1S/C14H27N3O2/c1-3-6-16(13-4-5-15-9-13)11-14(18)17-7-8-19-12(2)10-17/h12-13,15H,3-11H2,1-2H3. The number of morpholine rings is 1. The molecule has 2 saturated heterocycles. The number of carbonyl (C=O) groups is 1. The lowest BCUT2D eigenvalue weighted by Crippen LogP contribution is -2.50. The van der Waals surface area contributed by atoms with Crippen LogP contribution in [0.5, 0.6) is 0 Å². The second kappa shape index (κ2) is 7.22. The quantitative estimate of drug-likeness (QED) is 0.780. The highest BCUT2D eigenvalue weighted by Gasteiger charge is 2.27. The van der Waals surface area contributed by atoms with Gasteiger partial charge in [0, 0.05) is 25.7 Å². The van der Waals surface area contributed by atoms with Crippen molar-refractivity contribution in [3.8, 4) is 0 Å². The molecule has 2 fully saturated rings. The van der Waals surface area contributed by atoms with Gasteiger partial charge in [0.1, 0.15) is 0 Å². The van der Waals surface area contributed by atoms with Gasteiger partial charge in [-0.3, -0.25) is 9.69 Å². The molecule has 0 aliphatic carbocycles. The molecular weight excluding hydrogens is 242 g/mol. The molecule has 2 rings (SSSR count). The Labute approximate surface area is 116 Å². The van der Waals surface area contributed by atoms with Crippen molar-refractivity contribution in [2.24, 2.45) is 0 Å². The highest BCUT2D eigenvalue weighted by Crippen LogP contribution is 2.11. The monoisotopic (exact) mass is 269 g/mol. The van der Waals surface area contributed by atoms with Gasteiger partial charge in [0.05, 0.1) is 19.3 Å². The number of nitrogens with one attached hydrogen (secondary N) is 1. The van der Waals surface area contributed by atoms with E-state index < -0.39 is 0 Å². The van der Waals surface area contributed by atoms with Crippen LogP contribution in [0.2, 0.25) is 0 Å². The van der Waals surface area contributed by atoms with Crippen molar-refractivity contribution in [1.29, 1.82) is 0 Å². The van der Waals surface area contributed by atoms with Crippen molar-refractivity contribution >= 4 is 5.91 Å². The zero-order chi connectivity index (χ0) is 13.7. The summed E-state index contributed by atoms with van der Waals surface area (Å²) in [5.74, 6) is 0.260. The predicted octanol–water partition coefficient (Wildman–Crippen LogP) is 0.308. The summed E-state index contributed by atoms with van der Waals surface area (Å²) >= 11 is 0. The van der Waals surface area contributed by atoms with Crippen molar-refractivity contribution in [2.45, 2.75) is 38.8 Å². The van der Waals surface area contributed by atoms with E-state index in [4.69, 9.17) is 4.74 Å². The topological polar surface area (TPSA) is 44.8 Å². The Kier molecular flexibility index (Phi) is 5.60. The fourth-order valence-electron chi connectivity index (χ4n) is 2.95. The first-order chi connectivity index (χ1) is 9.20. The Morgan fingerprint density at radius 2 is 2.37 bits per heavy atom. The number of ether oxygens (including phenoxy) is 1. The number of rotatable bonds is 5. The molecule has 5 nitrogen and oxygen atoms in total. The third-order valence-corrected chi connectivity index (χ3v) is 3.99. The molecule has 110 valence electrons. The first-order valence-electron chi connectivity index (χ1n) is 7.55. The summed E-state index contributed by atoms with van der Waals surface area (Å²) in [5, 5.41) is 3.38. The van der Waals surface area contributed by atoms with Gasteiger partial charge >= 0.3 is 0 Å². The van der Waals surface area contributed by atoms with Crippen LogP contribution < -0.4 is 5.32 Å². The minimum Gasteiger partial charge on any atom is -0.375 e. The van der Waals surface area contributed by atoms with Crippen LogP contribution >= 0.6 is 0 Å². The Morgan fingerprint density at radius 3 is 3.00 bits per heavy atom. The number of amides is 1. The molecule has 0 radical (unpaired) electrons. The normalized spacial score (nSPS) is 28.1. The van der Waals surface area contributed by atoms with Gasteiger partial charge in [0.25, 0.3) is 0 Å². The number of nitrogens with zero attached hydrogens (tertiary/aromatic N) is 2. The number of carbonyl (C=O) groups excluding carboxylic acids is 1. The van der Waals surface area contributed by atoms with Gasteiger partial charge in [0.2, 0.25) is 5.91 Å². The Morgan fingerprint density at radius 1 is 1.53 bits per heavy atom. The third-order valence-electron chi connectivity index (χ3n) is 3.99. The Hall–Kier alpha value is -0.650. The molecule has 19 heavy (non-hydrogen) atoms. The van der Waals surface area contributed by atoms with E-state index in [1.54, 1.807) is 0 Å². The van der Waals surface area contributed by atoms with Gasteiger partial charge in [-0.05, 0) is 32.9 Å². The number of hydrogen-bond donors (Lipinski definition) is 1. The van der Waals surface area contributed by atoms with Gasteiger partial charge in [-0.2, -0.15) is 0 Å². The second-order valence-corrected chi connectivity index (χ2v) is 5.64. The highest BCUT2D eigenvalue weighted by atomic mass is 16.5. The van der Waals surface area contributed by atoms with Crippen molar-refractivity contribution in [3.05, 3.63) is 0 Å². The summed E-state index contributed by atoms with van der Waals surface area (Å²) in [7, 11) is 0. The summed E-state index contributed by atoms with van der Waals surface area (Å²) in [4.78, 5) is 16.7. The molecule has 0 aromatic rings. The van der Waals surface area contributed by atoms with E-state index in [0.29, 0.717) is 19.2 Å². The van der Waals surface area contributed by atoms with Gasteiger partial charge in [-0.1, -0.05) is 6.92 Å². The minimum absolute atomic E-state index is 0.172. The molecule has 2 aliphatic heterocycles. The minimum atomic E-state index is 0.172. The largest absolute Gasteiger partial charge is 0.375 e. The zero-order valence-corrected chi connectivity index (χ0v) is 12.2. The second-order valence-electron chi connectivity index (χ2n) is 5.64. The average Bonchev–Trinajstić information content (AvgIpc) is 2.92. The van der Waals surface area contributed by atoms with Gasteiger partial charge in [-0.15, -0.1) is 0 Å². The SMILES string of the molecule is CCCN(CC(=O)N1CCOC(C)C1)C1CCNC1. The Balaban J connectivity index is 1.86. The molecule has 5 heteroatoms. The van der Waals surface area contributed by atoms with Crippen LogP contribution in [0, 0.1) is 0 Å². The molecule has 0 aromatic carbocycles. The van der Waals surface area contributed by atoms with Gasteiger partial charge in [-0.25, -0.2) is 0 Å². The van der Waals surface area contributed by atoms with Crippen LogP contribution in [0.15, 0.2) is 0 Å². The first kappa shape index (κ1) is 14.8. The lowest BCUT2D eigenvalue weighted by Gasteiger charge is -2.34. The van der Waals surface area contributed by atoms with Crippen LogP contribution in [-0.4, -0.2) is 73.7 Å². The van der Waals surface area contributed by atoms with Crippen molar-refractivity contribution in [1.82, 2.24) is 15.1 Å². The summed E-state index contributed by atoms with van der Waals surface area (Å²) < 4.78 is 5.49. The third kappa shape index (κ3) is 4.16. The zero-order valence-electron chi connectivity index (χ0n) is 12.2. The molecule has 0 aromatic heterocycles. The van der Waals surface area contributed by atoms with Crippen LogP contribution in [0.3, 0.4) is 0 Å². The molecule has 2 atom stereocenters. The average molecular weight is 269 g/mol. The van der Waals surface area contributed by atoms with E-state index >= 15 is 0 Å². The molecule has 0 bridgehead atoms. The Bertz CT molecular complexity index is 292. The van der Waals surface area contributed by atoms with E-state index in [9.17, 15) is 4.79 Å². The van der Waals surface area contributed by atoms with E-state index in [-0.39, 0.29) is 12.0 Å². The smallest absolute Gasteiger partial charge is 0.236 e. The van der Waals surface area contributed by atoms with Crippen LogP contribution in [0.1, 0.15) is 26.7 Å². The maximum atomic E-state index is 12.4. The molecule has 2 aliphatic rings. The van der Waals surface area contributed by atoms with E-state index in [1.807, 2.05) is 11.8 Å². The lowest BCUT2D eigenvalue weighted by atomic mass is 10.2. The molecular formula is C14H27N3O2.